The molecule has 3 rings (SSSR count). The van der Waals surface area contributed by atoms with Gasteiger partial charge in [0.1, 0.15) is 11.5 Å². The second-order valence-electron chi connectivity index (χ2n) is 5.93. The summed E-state index contributed by atoms with van der Waals surface area (Å²) in [4.78, 5) is 20.3. The van der Waals surface area contributed by atoms with Gasteiger partial charge in [-0.05, 0) is 56.3 Å². The van der Waals surface area contributed by atoms with Crippen LogP contribution in [0, 0.1) is 0 Å². The molecule has 1 aromatic heterocycles. The van der Waals surface area contributed by atoms with Crippen molar-refractivity contribution in [1.29, 1.82) is 0 Å². The molecule has 0 bridgehead atoms. The highest BCUT2D eigenvalue weighted by atomic mass is 35.5. The second-order valence-corrected chi connectivity index (χ2v) is 6.36. The van der Waals surface area contributed by atoms with Crippen molar-refractivity contribution in [3.8, 4) is 17.4 Å². The predicted octanol–water partition coefficient (Wildman–Crippen LogP) is 3.98. The van der Waals surface area contributed by atoms with Crippen LogP contribution >= 0.6 is 11.6 Å². The first-order chi connectivity index (χ1) is 12.5. The quantitative estimate of drug-likeness (QED) is 0.709. The first-order valence-corrected chi connectivity index (χ1v) is 8.50. The summed E-state index contributed by atoms with van der Waals surface area (Å²) >= 11 is 5.94. The molecule has 134 valence electrons. The number of fused-ring (bicyclic) bond motifs is 1. The smallest absolute Gasteiger partial charge is 0.258 e. The van der Waals surface area contributed by atoms with Crippen LogP contribution in [0.3, 0.4) is 0 Å². The van der Waals surface area contributed by atoms with Gasteiger partial charge in [-0.2, -0.15) is 0 Å². The zero-order valence-electron chi connectivity index (χ0n) is 14.4. The Labute approximate surface area is 156 Å². The van der Waals surface area contributed by atoms with Crippen LogP contribution < -0.4 is 14.8 Å². The van der Waals surface area contributed by atoms with Gasteiger partial charge in [-0.15, -0.1) is 0 Å². The maximum absolute atomic E-state index is 11.6. The SMILES string of the molecule is CC(C)NC(=O)COc1ccc(Oc2cnc3cc(Cl)ccc3n2)cc1. The zero-order valence-corrected chi connectivity index (χ0v) is 15.2. The molecule has 1 N–H and O–H groups in total. The third-order valence-corrected chi connectivity index (χ3v) is 3.58. The summed E-state index contributed by atoms with van der Waals surface area (Å²) in [6.45, 7) is 3.76. The molecule has 0 radical (unpaired) electrons. The molecule has 0 saturated heterocycles. The number of ether oxygens (including phenoxy) is 2. The number of amides is 1. The Morgan fingerprint density at radius 1 is 1.12 bits per heavy atom. The number of nitrogens with one attached hydrogen (secondary N) is 1. The molecule has 0 atom stereocenters. The summed E-state index contributed by atoms with van der Waals surface area (Å²) in [7, 11) is 0. The average molecular weight is 372 g/mol. The molecule has 2 aromatic carbocycles. The van der Waals surface area contributed by atoms with Crippen LogP contribution in [-0.2, 0) is 4.79 Å². The lowest BCUT2D eigenvalue weighted by Crippen LogP contribution is -2.34. The normalized spacial score (nSPS) is 10.8. The van der Waals surface area contributed by atoms with Crippen LogP contribution in [0.4, 0.5) is 0 Å². The average Bonchev–Trinajstić information content (AvgIpc) is 2.61. The first-order valence-electron chi connectivity index (χ1n) is 8.12. The van der Waals surface area contributed by atoms with Crippen LogP contribution in [0.25, 0.3) is 11.0 Å². The minimum atomic E-state index is -0.160. The fourth-order valence-electron chi connectivity index (χ4n) is 2.25. The van der Waals surface area contributed by atoms with Crippen molar-refractivity contribution >= 4 is 28.5 Å². The summed E-state index contributed by atoms with van der Waals surface area (Å²) < 4.78 is 11.1. The minimum Gasteiger partial charge on any atom is -0.484 e. The van der Waals surface area contributed by atoms with E-state index in [0.717, 1.165) is 0 Å². The number of carbonyl (C=O) groups excluding carboxylic acids is 1. The van der Waals surface area contributed by atoms with Gasteiger partial charge in [0.2, 0.25) is 5.88 Å². The van der Waals surface area contributed by atoms with Crippen molar-refractivity contribution in [3.63, 3.8) is 0 Å². The molecule has 0 aliphatic rings. The zero-order chi connectivity index (χ0) is 18.5. The number of hydrogen-bond acceptors (Lipinski definition) is 5. The first kappa shape index (κ1) is 17.9. The molecule has 0 saturated carbocycles. The van der Waals surface area contributed by atoms with Crippen LogP contribution in [0.5, 0.6) is 17.4 Å². The minimum absolute atomic E-state index is 0.0307. The van der Waals surface area contributed by atoms with E-state index in [4.69, 9.17) is 21.1 Å². The lowest BCUT2D eigenvalue weighted by molar-refractivity contribution is -0.123. The predicted molar refractivity (Wildman–Crippen MR) is 99.8 cm³/mol. The van der Waals surface area contributed by atoms with Gasteiger partial charge in [0.05, 0.1) is 17.2 Å². The molecular weight excluding hydrogens is 354 g/mol. The number of benzene rings is 2. The molecule has 0 aliphatic carbocycles. The number of halogens is 1. The van der Waals surface area contributed by atoms with Gasteiger partial charge in [-0.3, -0.25) is 4.79 Å². The van der Waals surface area contributed by atoms with E-state index in [1.54, 1.807) is 48.7 Å². The van der Waals surface area contributed by atoms with Crippen LogP contribution in [0.1, 0.15) is 13.8 Å². The molecule has 1 amide bonds. The Bertz CT molecular complexity index is 914. The van der Waals surface area contributed by atoms with E-state index in [-0.39, 0.29) is 18.6 Å². The number of hydrogen-bond donors (Lipinski definition) is 1. The molecule has 0 fully saturated rings. The van der Waals surface area contributed by atoms with E-state index in [0.29, 0.717) is 33.4 Å². The maximum atomic E-state index is 11.6. The summed E-state index contributed by atoms with van der Waals surface area (Å²) in [5, 5.41) is 3.37. The Morgan fingerprint density at radius 3 is 2.58 bits per heavy atom. The fraction of sp³-hybridized carbons (Fsp3) is 0.211. The van der Waals surface area contributed by atoms with E-state index < -0.39 is 0 Å². The largest absolute Gasteiger partial charge is 0.484 e. The molecule has 0 spiro atoms. The van der Waals surface area contributed by atoms with E-state index >= 15 is 0 Å². The summed E-state index contributed by atoms with van der Waals surface area (Å²) in [5.41, 5.74) is 1.40. The van der Waals surface area contributed by atoms with Crippen molar-refractivity contribution in [1.82, 2.24) is 15.3 Å². The van der Waals surface area contributed by atoms with E-state index in [9.17, 15) is 4.79 Å². The van der Waals surface area contributed by atoms with E-state index in [1.165, 1.54) is 0 Å². The van der Waals surface area contributed by atoms with Crippen molar-refractivity contribution in [3.05, 3.63) is 53.7 Å². The summed E-state index contributed by atoms with van der Waals surface area (Å²) in [6.07, 6.45) is 1.54. The molecule has 1 heterocycles. The highest BCUT2D eigenvalue weighted by Gasteiger charge is 2.06. The van der Waals surface area contributed by atoms with Crippen LogP contribution in [-0.4, -0.2) is 28.5 Å². The van der Waals surface area contributed by atoms with Gasteiger partial charge in [0.15, 0.2) is 6.61 Å². The molecule has 3 aromatic rings. The molecule has 7 heteroatoms. The van der Waals surface area contributed by atoms with Crippen molar-refractivity contribution < 1.29 is 14.3 Å². The monoisotopic (exact) mass is 371 g/mol. The summed E-state index contributed by atoms with van der Waals surface area (Å²) in [6, 6.07) is 12.3. The number of aromatic nitrogens is 2. The van der Waals surface area contributed by atoms with Crippen molar-refractivity contribution in [2.75, 3.05) is 6.61 Å². The van der Waals surface area contributed by atoms with Gasteiger partial charge >= 0.3 is 0 Å². The molecule has 26 heavy (non-hydrogen) atoms. The molecule has 6 nitrogen and oxygen atoms in total. The Balaban J connectivity index is 1.62. The number of carbonyl (C=O) groups is 1. The maximum Gasteiger partial charge on any atom is 0.258 e. The van der Waals surface area contributed by atoms with Crippen molar-refractivity contribution in [2.45, 2.75) is 19.9 Å². The second kappa shape index (κ2) is 8.01. The Hall–Kier alpha value is -2.86. The fourth-order valence-corrected chi connectivity index (χ4v) is 2.42. The van der Waals surface area contributed by atoms with Gasteiger partial charge in [0, 0.05) is 11.1 Å². The molecule has 0 unspecified atom stereocenters. The van der Waals surface area contributed by atoms with Gasteiger partial charge in [0.25, 0.3) is 5.91 Å². The molecular formula is C19H18ClN3O3. The lowest BCUT2D eigenvalue weighted by atomic mass is 10.3. The summed E-state index contributed by atoms with van der Waals surface area (Å²) in [5.74, 6) is 1.39. The standard InChI is InChI=1S/C19H18ClN3O3/c1-12(2)22-18(24)11-25-14-4-6-15(7-5-14)26-19-10-21-17-9-13(20)3-8-16(17)23-19/h3-10,12H,11H2,1-2H3,(H,22,24). The third-order valence-electron chi connectivity index (χ3n) is 3.35. The number of nitrogens with zero attached hydrogens (tertiary/aromatic N) is 2. The van der Waals surface area contributed by atoms with Crippen LogP contribution in [0.15, 0.2) is 48.7 Å². The van der Waals surface area contributed by atoms with Crippen LogP contribution in [0.2, 0.25) is 5.02 Å². The van der Waals surface area contributed by atoms with E-state index in [1.807, 2.05) is 13.8 Å². The third kappa shape index (κ3) is 4.83. The van der Waals surface area contributed by atoms with E-state index in [2.05, 4.69) is 15.3 Å². The van der Waals surface area contributed by atoms with Gasteiger partial charge in [-0.25, -0.2) is 9.97 Å². The van der Waals surface area contributed by atoms with Crippen molar-refractivity contribution in [2.24, 2.45) is 0 Å². The highest BCUT2D eigenvalue weighted by Crippen LogP contribution is 2.24. The number of rotatable bonds is 6. The topological polar surface area (TPSA) is 73.3 Å². The lowest BCUT2D eigenvalue weighted by Gasteiger charge is -2.10. The Kier molecular flexibility index (Phi) is 5.53. The van der Waals surface area contributed by atoms with Gasteiger partial charge < -0.3 is 14.8 Å². The molecule has 0 aliphatic heterocycles. The highest BCUT2D eigenvalue weighted by molar-refractivity contribution is 6.31. The Morgan fingerprint density at radius 2 is 1.85 bits per heavy atom. The van der Waals surface area contributed by atoms with Gasteiger partial charge in [-0.1, -0.05) is 11.6 Å².